The minimum atomic E-state index is -2.38. The number of hydrogen-bond donors (Lipinski definition) is 3. The summed E-state index contributed by atoms with van der Waals surface area (Å²) in [5.74, 6) is -2.76. The number of anilines is 3. The smallest absolute Gasteiger partial charge is 0.261 e. The molecule has 16 heteroatoms. The summed E-state index contributed by atoms with van der Waals surface area (Å²) in [7, 11) is 1.40. The van der Waals surface area contributed by atoms with Gasteiger partial charge in [-0.25, -0.2) is 9.07 Å². The maximum absolute atomic E-state index is 14.9. The summed E-state index contributed by atoms with van der Waals surface area (Å²) in [6.45, 7) is 0.925. The third kappa shape index (κ3) is 4.36. The Morgan fingerprint density at radius 2 is 2.18 bits per heavy atom. The molecule has 0 unspecified atom stereocenters. The molecule has 0 saturated carbocycles. The Morgan fingerprint density at radius 1 is 1.39 bits per heavy atom. The first-order valence-corrected chi connectivity index (χ1v) is 11.4. The predicted molar refractivity (Wildman–Crippen MR) is 130 cm³/mol. The normalized spacial score (nSPS) is 17.4. The Balaban J connectivity index is 1.38. The molecule has 198 valence electrons. The third-order valence-corrected chi connectivity index (χ3v) is 6.17. The standard InChI is InChI=1S/C22H20ClFN8O6/c1-22(35,21(34)27-10-5-12(23)16-14(6-10)38-30-18(16)25)17-20(33)31(3-4-37-17)19-13(24)9-32(29-19)11-7-15(36-2)28-26-8-11/h5-9,17,35H,3-4H2,1-2H3,(H2,25,30)(H,27,34)/t17-,22+/m0/s1. The molecule has 1 fully saturated rings. The monoisotopic (exact) mass is 546 g/mol. The number of nitrogens with zero attached hydrogens (tertiary/aromatic N) is 6. The molecule has 0 radical (unpaired) electrons. The molecule has 0 bridgehead atoms. The van der Waals surface area contributed by atoms with Gasteiger partial charge in [0.1, 0.15) is 0 Å². The van der Waals surface area contributed by atoms with E-state index in [9.17, 15) is 19.1 Å². The molecule has 38 heavy (non-hydrogen) atoms. The highest BCUT2D eigenvalue weighted by molar-refractivity contribution is 6.36. The van der Waals surface area contributed by atoms with Gasteiger partial charge >= 0.3 is 0 Å². The summed E-state index contributed by atoms with van der Waals surface area (Å²) in [6.07, 6.45) is 0.697. The van der Waals surface area contributed by atoms with Crippen LogP contribution in [0.15, 0.2) is 35.1 Å². The summed E-state index contributed by atoms with van der Waals surface area (Å²) in [5.41, 5.74) is 4.01. The molecular formula is C22H20ClFN8O6. The van der Waals surface area contributed by atoms with E-state index in [0.29, 0.717) is 11.1 Å². The van der Waals surface area contributed by atoms with Crippen LogP contribution in [0.2, 0.25) is 5.02 Å². The summed E-state index contributed by atoms with van der Waals surface area (Å²) in [5, 5.41) is 29.3. The minimum Gasteiger partial charge on any atom is -0.480 e. The number of nitrogen functional groups attached to an aromatic ring is 1. The molecule has 1 aliphatic heterocycles. The first kappa shape index (κ1) is 25.3. The maximum Gasteiger partial charge on any atom is 0.261 e. The molecule has 3 aromatic heterocycles. The second-order valence-corrected chi connectivity index (χ2v) is 8.85. The van der Waals surface area contributed by atoms with Gasteiger partial charge in [0.05, 0.1) is 48.8 Å². The molecular weight excluding hydrogens is 527 g/mol. The van der Waals surface area contributed by atoms with Crippen LogP contribution in [0.5, 0.6) is 5.88 Å². The second-order valence-electron chi connectivity index (χ2n) is 8.44. The van der Waals surface area contributed by atoms with Gasteiger partial charge < -0.3 is 30.2 Å². The fourth-order valence-electron chi connectivity index (χ4n) is 3.91. The second kappa shape index (κ2) is 9.51. The number of morpholine rings is 1. The molecule has 4 heterocycles. The van der Waals surface area contributed by atoms with Gasteiger partial charge in [-0.05, 0) is 13.0 Å². The first-order chi connectivity index (χ1) is 18.1. The Morgan fingerprint density at radius 3 is 2.95 bits per heavy atom. The molecule has 1 saturated heterocycles. The highest BCUT2D eigenvalue weighted by atomic mass is 35.5. The van der Waals surface area contributed by atoms with Crippen LogP contribution < -0.4 is 20.7 Å². The average molecular weight is 547 g/mol. The zero-order chi connectivity index (χ0) is 27.2. The van der Waals surface area contributed by atoms with E-state index in [4.69, 9.17) is 31.3 Å². The lowest BCUT2D eigenvalue weighted by Gasteiger charge is -2.37. The Bertz CT molecular complexity index is 1560. The van der Waals surface area contributed by atoms with Crippen molar-refractivity contribution in [2.45, 2.75) is 18.6 Å². The largest absolute Gasteiger partial charge is 0.480 e. The number of carbonyl (C=O) groups is 2. The number of amides is 2. The van der Waals surface area contributed by atoms with Gasteiger partial charge in [0.15, 0.2) is 34.7 Å². The first-order valence-electron chi connectivity index (χ1n) is 11.0. The van der Waals surface area contributed by atoms with Crippen molar-refractivity contribution >= 4 is 51.7 Å². The van der Waals surface area contributed by atoms with E-state index in [0.717, 1.165) is 22.7 Å². The number of nitrogens with two attached hydrogens (primary N) is 1. The van der Waals surface area contributed by atoms with E-state index in [-0.39, 0.29) is 47.0 Å². The number of hydrogen-bond acceptors (Lipinski definition) is 11. The summed E-state index contributed by atoms with van der Waals surface area (Å²) in [4.78, 5) is 27.3. The summed E-state index contributed by atoms with van der Waals surface area (Å²) in [6, 6.07) is 4.25. The number of benzene rings is 1. The molecule has 1 aromatic carbocycles. The number of aromatic nitrogens is 5. The maximum atomic E-state index is 14.9. The number of aliphatic hydroxyl groups is 1. The van der Waals surface area contributed by atoms with E-state index < -0.39 is 29.3 Å². The van der Waals surface area contributed by atoms with Crippen LogP contribution in [-0.4, -0.2) is 74.0 Å². The van der Waals surface area contributed by atoms with Gasteiger partial charge in [0.2, 0.25) is 5.88 Å². The van der Waals surface area contributed by atoms with Crippen LogP contribution >= 0.6 is 11.6 Å². The molecule has 4 aromatic rings. The molecule has 4 N–H and O–H groups in total. The Hall–Kier alpha value is -4.34. The molecule has 0 spiro atoms. The molecule has 5 rings (SSSR count). The van der Waals surface area contributed by atoms with Gasteiger partial charge in [-0.2, -0.15) is 5.10 Å². The van der Waals surface area contributed by atoms with Crippen molar-refractivity contribution in [3.63, 3.8) is 0 Å². The number of nitrogens with one attached hydrogen (secondary N) is 1. The van der Waals surface area contributed by atoms with E-state index >= 15 is 0 Å². The van der Waals surface area contributed by atoms with Crippen molar-refractivity contribution in [1.29, 1.82) is 0 Å². The zero-order valence-electron chi connectivity index (χ0n) is 19.9. The number of halogens is 2. The van der Waals surface area contributed by atoms with E-state index in [1.54, 1.807) is 0 Å². The fraction of sp³-hybridized carbons (Fsp3) is 0.273. The quantitative estimate of drug-likeness (QED) is 0.317. The van der Waals surface area contributed by atoms with Crippen LogP contribution in [0, 0.1) is 5.82 Å². The van der Waals surface area contributed by atoms with Gasteiger partial charge in [-0.1, -0.05) is 16.8 Å². The predicted octanol–water partition coefficient (Wildman–Crippen LogP) is 1.31. The SMILES string of the molecule is COc1cc(-n2cc(F)c(N3CCO[C@H]([C@@](C)(O)C(=O)Nc4cc(Cl)c5c(N)noc5c4)C3=O)n2)cnn1. The highest BCUT2D eigenvalue weighted by Crippen LogP contribution is 2.33. The van der Waals surface area contributed by atoms with Crippen LogP contribution in [-0.2, 0) is 14.3 Å². The van der Waals surface area contributed by atoms with Crippen molar-refractivity contribution < 1.29 is 33.1 Å². The number of carbonyl (C=O) groups excluding carboxylic acids is 2. The van der Waals surface area contributed by atoms with Crippen LogP contribution in [0.3, 0.4) is 0 Å². The third-order valence-electron chi connectivity index (χ3n) is 5.87. The summed E-state index contributed by atoms with van der Waals surface area (Å²) >= 11 is 6.21. The lowest BCUT2D eigenvalue weighted by Crippen LogP contribution is -2.61. The van der Waals surface area contributed by atoms with E-state index in [2.05, 4.69) is 25.8 Å². The van der Waals surface area contributed by atoms with E-state index in [1.807, 2.05) is 0 Å². The average Bonchev–Trinajstić information content (AvgIpc) is 3.46. The van der Waals surface area contributed by atoms with Gasteiger partial charge in [-0.3, -0.25) is 14.5 Å². The molecule has 2 amide bonds. The van der Waals surface area contributed by atoms with Crippen molar-refractivity contribution in [3.05, 3.63) is 41.4 Å². The zero-order valence-corrected chi connectivity index (χ0v) is 20.6. The van der Waals surface area contributed by atoms with Crippen LogP contribution in [0.25, 0.3) is 16.7 Å². The Kier molecular flexibility index (Phi) is 6.34. The molecule has 1 aliphatic rings. The van der Waals surface area contributed by atoms with Crippen LogP contribution in [0.1, 0.15) is 6.92 Å². The fourth-order valence-corrected chi connectivity index (χ4v) is 4.22. The van der Waals surface area contributed by atoms with Gasteiger partial charge in [-0.15, -0.1) is 10.2 Å². The topological polar surface area (TPSA) is 184 Å². The molecule has 14 nitrogen and oxygen atoms in total. The lowest BCUT2D eigenvalue weighted by atomic mass is 9.95. The van der Waals surface area contributed by atoms with Crippen molar-refractivity contribution in [2.24, 2.45) is 0 Å². The van der Waals surface area contributed by atoms with Crippen molar-refractivity contribution in [2.75, 3.05) is 36.2 Å². The number of fused-ring (bicyclic) bond motifs is 1. The van der Waals surface area contributed by atoms with Crippen LogP contribution in [0.4, 0.5) is 21.7 Å². The highest BCUT2D eigenvalue weighted by Gasteiger charge is 2.49. The number of methoxy groups -OCH3 is 1. The summed E-state index contributed by atoms with van der Waals surface area (Å²) < 4.78 is 31.6. The van der Waals surface area contributed by atoms with Crippen molar-refractivity contribution in [1.82, 2.24) is 25.1 Å². The number of rotatable bonds is 6. The lowest BCUT2D eigenvalue weighted by molar-refractivity contribution is -0.165. The minimum absolute atomic E-state index is 0.0714. The molecule has 0 aliphatic carbocycles. The van der Waals surface area contributed by atoms with Crippen molar-refractivity contribution in [3.8, 4) is 11.6 Å². The van der Waals surface area contributed by atoms with E-state index in [1.165, 1.54) is 31.5 Å². The number of ether oxygens (including phenoxy) is 2. The Labute approximate surface area is 218 Å². The van der Waals surface area contributed by atoms with Gasteiger partial charge in [0.25, 0.3) is 11.8 Å². The van der Waals surface area contributed by atoms with Gasteiger partial charge in [0, 0.05) is 17.8 Å². The molecule has 2 atom stereocenters.